The molecule has 2 saturated heterocycles. The molecule has 8 heteroatoms. The van der Waals surface area contributed by atoms with Crippen LogP contribution in [0, 0.1) is 0 Å². The topological polar surface area (TPSA) is 100 Å². The molecule has 2 aliphatic rings. The van der Waals surface area contributed by atoms with Gasteiger partial charge >= 0.3 is 0 Å². The van der Waals surface area contributed by atoms with E-state index in [4.69, 9.17) is 4.74 Å². The van der Waals surface area contributed by atoms with Crippen molar-refractivity contribution in [1.29, 1.82) is 0 Å². The van der Waals surface area contributed by atoms with Gasteiger partial charge in [0.1, 0.15) is 12.9 Å². The summed E-state index contributed by atoms with van der Waals surface area (Å²) in [7, 11) is 0. The molecular weight excluding hydrogens is 310 g/mol. The van der Waals surface area contributed by atoms with E-state index < -0.39 is 0 Å². The summed E-state index contributed by atoms with van der Waals surface area (Å²) in [5, 5.41) is 9.53. The Hall–Kier alpha value is -2.74. The maximum Gasteiger partial charge on any atom is 0.253 e. The van der Waals surface area contributed by atoms with Crippen LogP contribution in [0.15, 0.2) is 30.6 Å². The van der Waals surface area contributed by atoms with E-state index in [9.17, 15) is 9.59 Å². The molecule has 124 valence electrons. The van der Waals surface area contributed by atoms with Crippen LogP contribution in [0.1, 0.15) is 16.8 Å². The Morgan fingerprint density at radius 3 is 3.12 bits per heavy atom. The van der Waals surface area contributed by atoms with Gasteiger partial charge < -0.3 is 15.0 Å². The third-order valence-electron chi connectivity index (χ3n) is 4.41. The zero-order valence-electron chi connectivity index (χ0n) is 12.9. The van der Waals surface area contributed by atoms with E-state index in [1.807, 2.05) is 12.1 Å². The fourth-order valence-electron chi connectivity index (χ4n) is 3.21. The minimum absolute atomic E-state index is 0.00715. The Morgan fingerprint density at radius 2 is 2.29 bits per heavy atom. The number of nitrogens with zero attached hydrogens (tertiary/aromatic N) is 3. The number of aromatic amines is 1. The number of amides is 2. The van der Waals surface area contributed by atoms with E-state index in [2.05, 4.69) is 20.5 Å². The van der Waals surface area contributed by atoms with Crippen LogP contribution < -0.4 is 5.32 Å². The van der Waals surface area contributed by atoms with E-state index in [0.29, 0.717) is 24.5 Å². The van der Waals surface area contributed by atoms with Gasteiger partial charge in [0.2, 0.25) is 5.91 Å². The number of ether oxygens (including phenoxy) is 1. The number of likely N-dealkylation sites (tertiary alicyclic amines) is 1. The van der Waals surface area contributed by atoms with Crippen molar-refractivity contribution in [2.24, 2.45) is 0 Å². The highest BCUT2D eigenvalue weighted by Crippen LogP contribution is 2.21. The van der Waals surface area contributed by atoms with Crippen LogP contribution in [0.3, 0.4) is 0 Å². The van der Waals surface area contributed by atoms with Gasteiger partial charge in [-0.25, -0.2) is 4.98 Å². The number of hydrogen-bond donors (Lipinski definition) is 2. The van der Waals surface area contributed by atoms with Gasteiger partial charge in [0.25, 0.3) is 5.91 Å². The smallest absolute Gasteiger partial charge is 0.253 e. The number of carbonyl (C=O) groups excluding carboxylic acids is 2. The number of fused-ring (bicyclic) bond motifs is 1. The predicted molar refractivity (Wildman–Crippen MR) is 84.0 cm³/mol. The second-order valence-corrected chi connectivity index (χ2v) is 5.98. The van der Waals surface area contributed by atoms with Crippen molar-refractivity contribution in [2.75, 3.05) is 19.7 Å². The fourth-order valence-corrected chi connectivity index (χ4v) is 3.21. The van der Waals surface area contributed by atoms with Crippen molar-refractivity contribution in [1.82, 2.24) is 25.4 Å². The molecule has 0 spiro atoms. The Morgan fingerprint density at radius 1 is 1.38 bits per heavy atom. The van der Waals surface area contributed by atoms with Gasteiger partial charge in [0.15, 0.2) is 5.82 Å². The largest absolute Gasteiger partial charge is 0.366 e. The first kappa shape index (κ1) is 14.8. The summed E-state index contributed by atoms with van der Waals surface area (Å²) >= 11 is 0. The van der Waals surface area contributed by atoms with Gasteiger partial charge in [-0.05, 0) is 18.6 Å². The number of H-pyrrole nitrogens is 1. The third-order valence-corrected chi connectivity index (χ3v) is 4.41. The van der Waals surface area contributed by atoms with Gasteiger partial charge in [-0.3, -0.25) is 14.7 Å². The molecule has 4 rings (SSSR count). The molecule has 2 unspecified atom stereocenters. The molecule has 2 aromatic rings. The molecular formula is C16H17N5O3. The first-order valence-corrected chi connectivity index (χ1v) is 7.87. The number of benzene rings is 1. The lowest BCUT2D eigenvalue weighted by Gasteiger charge is -2.41. The first-order chi connectivity index (χ1) is 11.7. The zero-order valence-corrected chi connectivity index (χ0v) is 12.9. The van der Waals surface area contributed by atoms with Crippen LogP contribution in [-0.4, -0.2) is 63.7 Å². The fraction of sp³-hybridized carbons (Fsp3) is 0.375. The summed E-state index contributed by atoms with van der Waals surface area (Å²) < 4.78 is 5.53. The van der Waals surface area contributed by atoms with Crippen molar-refractivity contribution >= 4 is 11.8 Å². The summed E-state index contributed by atoms with van der Waals surface area (Å²) in [5.74, 6) is 0.434. The molecule has 0 saturated carbocycles. The standard InChI is InChI=1S/C16H17N5O3/c22-14-8-24-13-4-5-21(7-12(13)19-14)16(23)11-3-1-2-10(6-11)15-17-9-18-20-15/h1-3,6,9,12-13H,4-5,7-8H2,(H,19,22)(H,17,18,20). The van der Waals surface area contributed by atoms with Crippen LogP contribution in [0.4, 0.5) is 0 Å². The molecule has 2 fully saturated rings. The molecule has 2 atom stereocenters. The number of piperidine rings is 1. The highest BCUT2D eigenvalue weighted by Gasteiger charge is 2.36. The molecule has 8 nitrogen and oxygen atoms in total. The average Bonchev–Trinajstić information content (AvgIpc) is 3.15. The third kappa shape index (κ3) is 2.76. The summed E-state index contributed by atoms with van der Waals surface area (Å²) in [4.78, 5) is 30.2. The summed E-state index contributed by atoms with van der Waals surface area (Å²) in [5.41, 5.74) is 1.40. The van der Waals surface area contributed by atoms with Crippen LogP contribution in [0.2, 0.25) is 0 Å². The zero-order chi connectivity index (χ0) is 16.5. The number of morpholine rings is 1. The molecule has 1 aromatic heterocycles. The Labute approximate surface area is 138 Å². The van der Waals surface area contributed by atoms with E-state index in [1.54, 1.807) is 17.0 Å². The van der Waals surface area contributed by atoms with Crippen LogP contribution in [-0.2, 0) is 9.53 Å². The molecule has 2 N–H and O–H groups in total. The van der Waals surface area contributed by atoms with Crippen molar-refractivity contribution in [2.45, 2.75) is 18.6 Å². The van der Waals surface area contributed by atoms with Gasteiger partial charge in [0, 0.05) is 24.2 Å². The Balaban J connectivity index is 1.52. The lowest BCUT2D eigenvalue weighted by Crippen LogP contribution is -2.61. The molecule has 2 amide bonds. The summed E-state index contributed by atoms with van der Waals surface area (Å²) in [6.45, 7) is 1.18. The van der Waals surface area contributed by atoms with Crippen LogP contribution >= 0.6 is 0 Å². The van der Waals surface area contributed by atoms with Crippen LogP contribution in [0.5, 0.6) is 0 Å². The molecule has 24 heavy (non-hydrogen) atoms. The highest BCUT2D eigenvalue weighted by molar-refractivity contribution is 5.95. The van der Waals surface area contributed by atoms with Gasteiger partial charge in [-0.15, -0.1) is 0 Å². The van der Waals surface area contributed by atoms with Gasteiger partial charge in [-0.1, -0.05) is 12.1 Å². The predicted octanol–water partition coefficient (Wildman–Crippen LogP) is 0.201. The quantitative estimate of drug-likeness (QED) is 0.821. The number of aromatic nitrogens is 3. The average molecular weight is 327 g/mol. The van der Waals surface area contributed by atoms with Gasteiger partial charge in [-0.2, -0.15) is 5.10 Å². The Bertz CT molecular complexity index is 761. The van der Waals surface area contributed by atoms with E-state index in [0.717, 1.165) is 12.0 Å². The maximum absolute atomic E-state index is 12.8. The molecule has 1 aromatic carbocycles. The lowest BCUT2D eigenvalue weighted by atomic mass is 9.99. The second kappa shape index (κ2) is 6.04. The second-order valence-electron chi connectivity index (χ2n) is 5.98. The number of rotatable bonds is 2. The normalized spacial score (nSPS) is 23.5. The molecule has 3 heterocycles. The number of nitrogens with one attached hydrogen (secondary N) is 2. The molecule has 2 aliphatic heterocycles. The summed E-state index contributed by atoms with van der Waals surface area (Å²) in [6, 6.07) is 7.14. The van der Waals surface area contributed by atoms with Crippen molar-refractivity contribution in [3.8, 4) is 11.4 Å². The highest BCUT2D eigenvalue weighted by atomic mass is 16.5. The van der Waals surface area contributed by atoms with Gasteiger partial charge in [0.05, 0.1) is 12.1 Å². The van der Waals surface area contributed by atoms with Crippen molar-refractivity contribution < 1.29 is 14.3 Å². The lowest BCUT2D eigenvalue weighted by molar-refractivity contribution is -0.139. The number of hydrogen-bond acceptors (Lipinski definition) is 5. The molecule has 0 aliphatic carbocycles. The SMILES string of the molecule is O=C1COC2CCN(C(=O)c3cccc(-c4ncn[nH]4)c3)CC2N1. The minimum atomic E-state index is -0.138. The van der Waals surface area contributed by atoms with Crippen molar-refractivity contribution in [3.05, 3.63) is 36.2 Å². The monoisotopic (exact) mass is 327 g/mol. The van der Waals surface area contributed by atoms with E-state index in [-0.39, 0.29) is 30.6 Å². The van der Waals surface area contributed by atoms with E-state index >= 15 is 0 Å². The maximum atomic E-state index is 12.8. The first-order valence-electron chi connectivity index (χ1n) is 7.87. The van der Waals surface area contributed by atoms with Crippen molar-refractivity contribution in [3.63, 3.8) is 0 Å². The summed E-state index contributed by atoms with van der Waals surface area (Å²) in [6.07, 6.45) is 2.14. The van der Waals surface area contributed by atoms with E-state index in [1.165, 1.54) is 6.33 Å². The number of carbonyl (C=O) groups is 2. The molecule has 0 radical (unpaired) electrons. The molecule has 0 bridgehead atoms. The van der Waals surface area contributed by atoms with Crippen LogP contribution in [0.25, 0.3) is 11.4 Å². The Kier molecular flexibility index (Phi) is 3.73. The minimum Gasteiger partial charge on any atom is -0.366 e.